The monoisotopic (exact) mass is 338 g/mol. The molecule has 4 heteroatoms. The first-order chi connectivity index (χ1) is 11.6. The van der Waals surface area contributed by atoms with Gasteiger partial charge in [-0.1, -0.05) is 29.8 Å². The van der Waals surface area contributed by atoms with Crippen LogP contribution in [-0.4, -0.2) is 17.9 Å². The number of benzene rings is 2. The average Bonchev–Trinajstić information content (AvgIpc) is 2.87. The average molecular weight is 339 g/mol. The minimum Gasteiger partial charge on any atom is -0.494 e. The van der Waals surface area contributed by atoms with Crippen LogP contribution in [0.1, 0.15) is 17.0 Å². The van der Waals surface area contributed by atoms with E-state index in [1.54, 1.807) is 7.11 Å². The van der Waals surface area contributed by atoms with Crippen LogP contribution in [0.15, 0.2) is 59.6 Å². The molecule has 0 saturated carbocycles. The van der Waals surface area contributed by atoms with Crippen LogP contribution >= 0.6 is 11.6 Å². The van der Waals surface area contributed by atoms with Gasteiger partial charge in [-0.15, -0.1) is 0 Å². The standard InChI is InChI=1S/C20H19ClN2O/c1-14-11-16(13-22-19-9-4-5-10-20(19)24-3)15(2)23(14)18-8-6-7-17(21)12-18/h4-13H,1-3H3. The molecule has 24 heavy (non-hydrogen) atoms. The maximum Gasteiger partial charge on any atom is 0.144 e. The molecule has 0 aliphatic carbocycles. The summed E-state index contributed by atoms with van der Waals surface area (Å²) in [5, 5.41) is 0.726. The minimum absolute atomic E-state index is 0.726. The fourth-order valence-electron chi connectivity index (χ4n) is 2.81. The molecule has 0 spiro atoms. The van der Waals surface area contributed by atoms with Crippen molar-refractivity contribution in [2.75, 3.05) is 7.11 Å². The van der Waals surface area contributed by atoms with E-state index in [1.165, 1.54) is 0 Å². The largest absolute Gasteiger partial charge is 0.494 e. The molecular weight excluding hydrogens is 320 g/mol. The van der Waals surface area contributed by atoms with E-state index in [2.05, 4.69) is 29.5 Å². The molecule has 0 unspecified atom stereocenters. The Labute approximate surface area is 147 Å². The third kappa shape index (κ3) is 3.22. The molecule has 0 atom stereocenters. The van der Waals surface area contributed by atoms with Crippen molar-refractivity contribution >= 4 is 23.5 Å². The zero-order valence-electron chi connectivity index (χ0n) is 14.0. The Hall–Kier alpha value is -2.52. The topological polar surface area (TPSA) is 26.5 Å². The summed E-state index contributed by atoms with van der Waals surface area (Å²) < 4.78 is 7.52. The highest BCUT2D eigenvalue weighted by atomic mass is 35.5. The Kier molecular flexibility index (Phi) is 4.72. The van der Waals surface area contributed by atoms with Gasteiger partial charge in [0, 0.05) is 33.9 Å². The number of ether oxygens (including phenoxy) is 1. The van der Waals surface area contributed by atoms with E-state index in [1.807, 2.05) is 54.7 Å². The SMILES string of the molecule is COc1ccccc1N=Cc1cc(C)n(-c2cccc(Cl)c2)c1C. The number of nitrogens with zero attached hydrogens (tertiary/aromatic N) is 2. The maximum absolute atomic E-state index is 6.13. The first kappa shape index (κ1) is 16.3. The molecule has 0 fully saturated rings. The fraction of sp³-hybridized carbons (Fsp3) is 0.150. The second-order valence-electron chi connectivity index (χ2n) is 5.57. The fourth-order valence-corrected chi connectivity index (χ4v) is 2.99. The second-order valence-corrected chi connectivity index (χ2v) is 6.01. The van der Waals surface area contributed by atoms with Crippen molar-refractivity contribution in [1.29, 1.82) is 0 Å². The Bertz CT molecular complexity index is 896. The highest BCUT2D eigenvalue weighted by molar-refractivity contribution is 6.30. The summed E-state index contributed by atoms with van der Waals surface area (Å²) in [6, 6.07) is 17.7. The van der Waals surface area contributed by atoms with Crippen LogP contribution in [-0.2, 0) is 0 Å². The number of aromatic nitrogens is 1. The van der Waals surface area contributed by atoms with Gasteiger partial charge in [0.25, 0.3) is 0 Å². The summed E-state index contributed by atoms with van der Waals surface area (Å²) in [5.74, 6) is 0.761. The summed E-state index contributed by atoms with van der Waals surface area (Å²) >= 11 is 6.13. The van der Waals surface area contributed by atoms with Crippen LogP contribution in [0.5, 0.6) is 5.75 Å². The molecule has 0 N–H and O–H groups in total. The normalized spacial score (nSPS) is 11.2. The summed E-state index contributed by atoms with van der Waals surface area (Å²) in [7, 11) is 1.65. The lowest BCUT2D eigenvalue weighted by atomic mass is 10.2. The van der Waals surface area contributed by atoms with Crippen molar-refractivity contribution in [3.63, 3.8) is 0 Å². The van der Waals surface area contributed by atoms with E-state index in [9.17, 15) is 0 Å². The molecular formula is C20H19ClN2O. The van der Waals surface area contributed by atoms with Crippen molar-refractivity contribution < 1.29 is 4.74 Å². The van der Waals surface area contributed by atoms with Crippen LogP contribution in [0.3, 0.4) is 0 Å². The van der Waals surface area contributed by atoms with Gasteiger partial charge in [-0.25, -0.2) is 0 Å². The van der Waals surface area contributed by atoms with E-state index in [4.69, 9.17) is 16.3 Å². The predicted molar refractivity (Wildman–Crippen MR) is 101 cm³/mol. The first-order valence-corrected chi connectivity index (χ1v) is 8.10. The molecule has 0 aliphatic heterocycles. The molecule has 2 aromatic carbocycles. The molecule has 0 amide bonds. The number of aliphatic imine (C=N–C) groups is 1. The van der Waals surface area contributed by atoms with Gasteiger partial charge in [0.1, 0.15) is 11.4 Å². The molecule has 3 aromatic rings. The molecule has 122 valence electrons. The lowest BCUT2D eigenvalue weighted by molar-refractivity contribution is 0.416. The number of hydrogen-bond donors (Lipinski definition) is 0. The Morgan fingerprint density at radius 1 is 1.04 bits per heavy atom. The van der Waals surface area contributed by atoms with Crippen LogP contribution in [0.4, 0.5) is 5.69 Å². The van der Waals surface area contributed by atoms with Gasteiger partial charge >= 0.3 is 0 Å². The molecule has 0 radical (unpaired) electrons. The quantitative estimate of drug-likeness (QED) is 0.576. The van der Waals surface area contributed by atoms with E-state index in [0.717, 1.165) is 39.1 Å². The van der Waals surface area contributed by atoms with Gasteiger partial charge in [-0.05, 0) is 50.2 Å². The summed E-state index contributed by atoms with van der Waals surface area (Å²) in [6.07, 6.45) is 1.88. The van der Waals surface area contributed by atoms with Gasteiger partial charge in [-0.2, -0.15) is 0 Å². The first-order valence-electron chi connectivity index (χ1n) is 7.72. The Morgan fingerprint density at radius 3 is 2.58 bits per heavy atom. The molecule has 1 aromatic heterocycles. The lowest BCUT2D eigenvalue weighted by Crippen LogP contribution is -1.99. The highest BCUT2D eigenvalue weighted by Crippen LogP contribution is 2.27. The van der Waals surface area contributed by atoms with Crippen molar-refractivity contribution in [3.05, 3.63) is 76.6 Å². The van der Waals surface area contributed by atoms with E-state index >= 15 is 0 Å². The number of aryl methyl sites for hydroxylation is 1. The van der Waals surface area contributed by atoms with Gasteiger partial charge in [0.2, 0.25) is 0 Å². The molecule has 3 rings (SSSR count). The third-order valence-corrected chi connectivity index (χ3v) is 4.20. The zero-order chi connectivity index (χ0) is 17.1. The molecule has 3 nitrogen and oxygen atoms in total. The molecule has 0 saturated heterocycles. The number of halogens is 1. The molecule has 0 bridgehead atoms. The predicted octanol–water partition coefficient (Wildman–Crippen LogP) is 5.51. The second kappa shape index (κ2) is 6.93. The minimum atomic E-state index is 0.726. The highest BCUT2D eigenvalue weighted by Gasteiger charge is 2.10. The lowest BCUT2D eigenvalue weighted by Gasteiger charge is -2.09. The van der Waals surface area contributed by atoms with Crippen LogP contribution < -0.4 is 4.74 Å². The van der Waals surface area contributed by atoms with Crippen LogP contribution in [0.25, 0.3) is 5.69 Å². The van der Waals surface area contributed by atoms with Crippen LogP contribution in [0.2, 0.25) is 5.02 Å². The van der Waals surface area contributed by atoms with E-state index in [-0.39, 0.29) is 0 Å². The number of hydrogen-bond acceptors (Lipinski definition) is 2. The van der Waals surface area contributed by atoms with E-state index in [0.29, 0.717) is 0 Å². The smallest absolute Gasteiger partial charge is 0.144 e. The summed E-state index contributed by atoms with van der Waals surface area (Å²) in [5.41, 5.74) is 5.19. The van der Waals surface area contributed by atoms with Gasteiger partial charge < -0.3 is 9.30 Å². The molecule has 0 aliphatic rings. The Morgan fingerprint density at radius 2 is 1.83 bits per heavy atom. The van der Waals surface area contributed by atoms with E-state index < -0.39 is 0 Å². The van der Waals surface area contributed by atoms with Gasteiger partial charge in [0.15, 0.2) is 0 Å². The Balaban J connectivity index is 1.99. The molecule has 1 heterocycles. The third-order valence-electron chi connectivity index (χ3n) is 3.96. The zero-order valence-corrected chi connectivity index (χ0v) is 14.7. The van der Waals surface area contributed by atoms with Crippen LogP contribution in [0, 0.1) is 13.8 Å². The number of para-hydroxylation sites is 2. The maximum atomic E-state index is 6.13. The number of rotatable bonds is 4. The summed E-state index contributed by atoms with van der Waals surface area (Å²) in [6.45, 7) is 4.16. The van der Waals surface area contributed by atoms with Crippen molar-refractivity contribution in [3.8, 4) is 11.4 Å². The number of methoxy groups -OCH3 is 1. The van der Waals surface area contributed by atoms with Crippen molar-refractivity contribution in [2.24, 2.45) is 4.99 Å². The van der Waals surface area contributed by atoms with Crippen molar-refractivity contribution in [2.45, 2.75) is 13.8 Å². The van der Waals surface area contributed by atoms with Gasteiger partial charge in [0.05, 0.1) is 7.11 Å². The van der Waals surface area contributed by atoms with Crippen molar-refractivity contribution in [1.82, 2.24) is 4.57 Å². The van der Waals surface area contributed by atoms with Gasteiger partial charge in [-0.3, -0.25) is 4.99 Å². The summed E-state index contributed by atoms with van der Waals surface area (Å²) in [4.78, 5) is 4.58.